The van der Waals surface area contributed by atoms with Crippen molar-refractivity contribution in [1.29, 1.82) is 0 Å². The van der Waals surface area contributed by atoms with Crippen LogP contribution in [0.2, 0.25) is 0 Å². The number of hydrogen-bond donors (Lipinski definition) is 1. The molecule has 112 valence electrons. The Balaban J connectivity index is 1.80. The van der Waals surface area contributed by atoms with Gasteiger partial charge in [0.2, 0.25) is 0 Å². The van der Waals surface area contributed by atoms with Gasteiger partial charge in [0, 0.05) is 19.1 Å². The number of imidazole rings is 1. The smallest absolute Gasteiger partial charge is 0.106 e. The van der Waals surface area contributed by atoms with Gasteiger partial charge in [0.1, 0.15) is 5.82 Å². The van der Waals surface area contributed by atoms with Crippen LogP contribution in [0.3, 0.4) is 0 Å². The van der Waals surface area contributed by atoms with Crippen LogP contribution < -0.4 is 5.32 Å². The maximum atomic E-state index is 4.65. The molecule has 1 atom stereocenters. The minimum absolute atomic E-state index is 0.430. The van der Waals surface area contributed by atoms with Gasteiger partial charge in [0.15, 0.2) is 0 Å². The molecular formula is C18H25N3. The summed E-state index contributed by atoms with van der Waals surface area (Å²) in [6.07, 6.45) is 2.26. The lowest BCUT2D eigenvalue weighted by Gasteiger charge is -2.27. The Hall–Kier alpha value is -1.61. The highest BCUT2D eigenvalue weighted by atomic mass is 15.2. The van der Waals surface area contributed by atoms with Gasteiger partial charge in [-0.15, -0.1) is 0 Å². The molecule has 2 aromatic rings. The molecule has 0 spiro atoms. The molecule has 0 unspecified atom stereocenters. The van der Waals surface area contributed by atoms with Crippen LogP contribution in [0.4, 0.5) is 0 Å². The van der Waals surface area contributed by atoms with Crippen molar-refractivity contribution in [3.8, 4) is 0 Å². The molecular weight excluding hydrogens is 258 g/mol. The fourth-order valence-corrected chi connectivity index (χ4v) is 3.52. The van der Waals surface area contributed by atoms with Crippen LogP contribution in [0.15, 0.2) is 18.2 Å². The van der Waals surface area contributed by atoms with E-state index in [-0.39, 0.29) is 0 Å². The SMILES string of the molecule is Cc1cccc(CC[C@H]2NCCn3c(C)nc(C)c32)c1C. The van der Waals surface area contributed by atoms with Crippen molar-refractivity contribution in [2.45, 2.75) is 53.1 Å². The van der Waals surface area contributed by atoms with Crippen LogP contribution >= 0.6 is 0 Å². The second-order valence-electron chi connectivity index (χ2n) is 6.19. The quantitative estimate of drug-likeness (QED) is 0.935. The largest absolute Gasteiger partial charge is 0.329 e. The van der Waals surface area contributed by atoms with Gasteiger partial charge < -0.3 is 9.88 Å². The van der Waals surface area contributed by atoms with Crippen molar-refractivity contribution in [3.05, 3.63) is 52.1 Å². The van der Waals surface area contributed by atoms with E-state index in [1.54, 1.807) is 0 Å². The van der Waals surface area contributed by atoms with Gasteiger partial charge in [-0.1, -0.05) is 18.2 Å². The minimum atomic E-state index is 0.430. The van der Waals surface area contributed by atoms with E-state index < -0.39 is 0 Å². The molecule has 3 rings (SSSR count). The van der Waals surface area contributed by atoms with Crippen LogP contribution in [0.5, 0.6) is 0 Å². The van der Waals surface area contributed by atoms with E-state index in [1.165, 1.54) is 28.1 Å². The third-order valence-corrected chi connectivity index (χ3v) is 4.86. The lowest BCUT2D eigenvalue weighted by Crippen LogP contribution is -2.34. The molecule has 0 radical (unpaired) electrons. The number of hydrogen-bond acceptors (Lipinski definition) is 2. The van der Waals surface area contributed by atoms with Crippen LogP contribution in [-0.4, -0.2) is 16.1 Å². The standard InChI is InChI=1S/C18H25N3/c1-12-6-5-7-16(13(12)2)8-9-17-18-14(3)20-15(4)21(18)11-10-19-17/h5-7,17,19H,8-11H2,1-4H3/t17-/m1/s1. The molecule has 1 N–H and O–H groups in total. The molecule has 0 bridgehead atoms. The second-order valence-corrected chi connectivity index (χ2v) is 6.19. The molecule has 0 saturated carbocycles. The first-order valence-electron chi connectivity index (χ1n) is 7.90. The van der Waals surface area contributed by atoms with Crippen LogP contribution in [-0.2, 0) is 13.0 Å². The Morgan fingerprint density at radius 3 is 2.86 bits per heavy atom. The molecule has 1 aliphatic heterocycles. The molecule has 0 aliphatic carbocycles. The van der Waals surface area contributed by atoms with E-state index in [4.69, 9.17) is 0 Å². The first-order valence-corrected chi connectivity index (χ1v) is 7.90. The van der Waals surface area contributed by atoms with Crippen molar-refractivity contribution in [1.82, 2.24) is 14.9 Å². The van der Waals surface area contributed by atoms with Crippen molar-refractivity contribution in [3.63, 3.8) is 0 Å². The Bertz CT molecular complexity index is 655. The Labute approximate surface area is 127 Å². The Morgan fingerprint density at radius 1 is 1.24 bits per heavy atom. The second kappa shape index (κ2) is 5.64. The zero-order valence-corrected chi connectivity index (χ0v) is 13.5. The summed E-state index contributed by atoms with van der Waals surface area (Å²) >= 11 is 0. The highest BCUT2D eigenvalue weighted by Gasteiger charge is 2.24. The minimum Gasteiger partial charge on any atom is -0.329 e. The molecule has 0 saturated heterocycles. The average molecular weight is 283 g/mol. The van der Waals surface area contributed by atoms with E-state index in [0.717, 1.165) is 31.8 Å². The number of nitrogens with one attached hydrogen (secondary N) is 1. The summed E-state index contributed by atoms with van der Waals surface area (Å²) < 4.78 is 2.39. The first-order chi connectivity index (χ1) is 10.1. The maximum absolute atomic E-state index is 4.65. The van der Waals surface area contributed by atoms with Crippen LogP contribution in [0.1, 0.15) is 46.4 Å². The Morgan fingerprint density at radius 2 is 2.05 bits per heavy atom. The van der Waals surface area contributed by atoms with Gasteiger partial charge in [0.05, 0.1) is 11.4 Å². The molecule has 3 heteroatoms. The zero-order valence-electron chi connectivity index (χ0n) is 13.5. The predicted molar refractivity (Wildman–Crippen MR) is 86.7 cm³/mol. The van der Waals surface area contributed by atoms with Crippen molar-refractivity contribution < 1.29 is 0 Å². The topological polar surface area (TPSA) is 29.9 Å². The molecule has 0 amide bonds. The molecule has 0 fully saturated rings. The summed E-state index contributed by atoms with van der Waals surface area (Å²) in [5.74, 6) is 1.15. The first kappa shape index (κ1) is 14.3. The number of aryl methyl sites for hydroxylation is 4. The highest BCUT2D eigenvalue weighted by molar-refractivity contribution is 5.33. The summed E-state index contributed by atoms with van der Waals surface area (Å²) in [6.45, 7) is 10.8. The number of rotatable bonds is 3. The van der Waals surface area contributed by atoms with Crippen LogP contribution in [0, 0.1) is 27.7 Å². The third-order valence-electron chi connectivity index (χ3n) is 4.86. The van der Waals surface area contributed by atoms with E-state index in [9.17, 15) is 0 Å². The summed E-state index contributed by atoms with van der Waals surface area (Å²) in [5, 5.41) is 3.67. The highest BCUT2D eigenvalue weighted by Crippen LogP contribution is 2.27. The van der Waals surface area contributed by atoms with Gasteiger partial charge in [0.25, 0.3) is 0 Å². The van der Waals surface area contributed by atoms with Crippen molar-refractivity contribution in [2.75, 3.05) is 6.54 Å². The molecule has 1 aromatic heterocycles. The molecule has 1 aromatic carbocycles. The Kier molecular flexibility index (Phi) is 3.85. The summed E-state index contributed by atoms with van der Waals surface area (Å²) in [4.78, 5) is 4.65. The fraction of sp³-hybridized carbons (Fsp3) is 0.500. The lowest BCUT2D eigenvalue weighted by atomic mass is 9.96. The average Bonchev–Trinajstić information content (AvgIpc) is 2.76. The van der Waals surface area contributed by atoms with E-state index in [1.807, 2.05) is 0 Å². The van der Waals surface area contributed by atoms with Gasteiger partial charge in [-0.25, -0.2) is 4.98 Å². The number of fused-ring (bicyclic) bond motifs is 1. The zero-order chi connectivity index (χ0) is 15.0. The molecule has 21 heavy (non-hydrogen) atoms. The normalized spacial score (nSPS) is 17.8. The van der Waals surface area contributed by atoms with E-state index in [0.29, 0.717) is 6.04 Å². The molecule has 3 nitrogen and oxygen atoms in total. The number of nitrogens with zero attached hydrogens (tertiary/aromatic N) is 2. The number of aromatic nitrogens is 2. The van der Waals surface area contributed by atoms with Crippen LogP contribution in [0.25, 0.3) is 0 Å². The monoisotopic (exact) mass is 283 g/mol. The summed E-state index contributed by atoms with van der Waals surface area (Å²) in [7, 11) is 0. The van der Waals surface area contributed by atoms with Crippen molar-refractivity contribution in [2.24, 2.45) is 0 Å². The summed E-state index contributed by atoms with van der Waals surface area (Å²) in [5.41, 5.74) is 6.88. The third kappa shape index (κ3) is 2.62. The van der Waals surface area contributed by atoms with Gasteiger partial charge in [-0.2, -0.15) is 0 Å². The van der Waals surface area contributed by atoms with E-state index in [2.05, 4.69) is 60.8 Å². The van der Waals surface area contributed by atoms with E-state index >= 15 is 0 Å². The predicted octanol–water partition coefficient (Wildman–Crippen LogP) is 3.39. The molecule has 1 aliphatic rings. The fourth-order valence-electron chi connectivity index (χ4n) is 3.52. The summed E-state index contributed by atoms with van der Waals surface area (Å²) in [6, 6.07) is 7.06. The lowest BCUT2D eigenvalue weighted by molar-refractivity contribution is 0.400. The van der Waals surface area contributed by atoms with Crippen molar-refractivity contribution >= 4 is 0 Å². The maximum Gasteiger partial charge on any atom is 0.106 e. The number of benzene rings is 1. The van der Waals surface area contributed by atoms with Gasteiger partial charge >= 0.3 is 0 Å². The van der Waals surface area contributed by atoms with Gasteiger partial charge in [-0.05, 0) is 57.2 Å². The molecule has 2 heterocycles. The van der Waals surface area contributed by atoms with Gasteiger partial charge in [-0.3, -0.25) is 0 Å².